The highest BCUT2D eigenvalue weighted by Gasteiger charge is 2.28. The molecule has 3 aromatic heterocycles. The number of aryl methyl sites for hydroxylation is 1. The van der Waals surface area contributed by atoms with Gasteiger partial charge in [-0.1, -0.05) is 97.1 Å². The Morgan fingerprint density at radius 1 is 0.509 bits per heavy atom. The van der Waals surface area contributed by atoms with E-state index in [1.165, 1.54) is 114 Å². The molecule has 0 fully saturated rings. The molecule has 3 heterocycles. The first-order chi connectivity index (χ1) is 27.3. The van der Waals surface area contributed by atoms with E-state index >= 15 is 0 Å². The van der Waals surface area contributed by atoms with Crippen molar-refractivity contribution in [2.24, 2.45) is 0 Å². The van der Waals surface area contributed by atoms with E-state index in [1.807, 2.05) is 11.3 Å². The Morgan fingerprint density at radius 2 is 1.27 bits per heavy atom. The smallest absolute Gasteiger partial charge is 0.0623 e. The minimum absolute atomic E-state index is 1.06. The quantitative estimate of drug-likeness (QED) is 0.165. The van der Waals surface area contributed by atoms with E-state index < -0.39 is 0 Å². The second kappa shape index (κ2) is 11.2. The average Bonchev–Trinajstić information content (AvgIpc) is 3.92. The summed E-state index contributed by atoms with van der Waals surface area (Å²) in [6.07, 6.45) is 20.9. The van der Waals surface area contributed by atoms with Crippen LogP contribution in [0.2, 0.25) is 0 Å². The van der Waals surface area contributed by atoms with E-state index in [0.29, 0.717) is 0 Å². The van der Waals surface area contributed by atoms with Gasteiger partial charge in [0, 0.05) is 75.3 Å². The molecule has 55 heavy (non-hydrogen) atoms. The Balaban J connectivity index is 1.21. The number of fused-ring (bicyclic) bond motifs is 18. The number of hydrogen-bond donors (Lipinski definition) is 0. The SMILES string of the molecule is C1=Cc2cc(N(c3ccccc3)c3ccc4c(c3)c3cc5c6c(n7c8ccccc8c(c3c3c8ccccc8sc43)c57)CCC=C6)c3c(c2CC1)CCC=C3. The van der Waals surface area contributed by atoms with E-state index in [2.05, 4.69) is 155 Å². The normalized spacial score (nSPS) is 15.0. The minimum atomic E-state index is 1.06. The fourth-order valence-corrected chi connectivity index (χ4v) is 11.9. The van der Waals surface area contributed by atoms with E-state index in [0.717, 1.165) is 38.5 Å². The number of para-hydroxylation sites is 2. The first-order valence-corrected chi connectivity index (χ1v) is 20.7. The van der Waals surface area contributed by atoms with Crippen LogP contribution in [0.15, 0.2) is 127 Å². The van der Waals surface area contributed by atoms with Crippen molar-refractivity contribution >= 4 is 116 Å². The molecule has 0 aliphatic heterocycles. The van der Waals surface area contributed by atoms with Gasteiger partial charge in [-0.2, -0.15) is 0 Å². The predicted molar refractivity (Wildman–Crippen MR) is 238 cm³/mol. The summed E-state index contributed by atoms with van der Waals surface area (Å²) in [4.78, 5) is 2.53. The molecule has 0 N–H and O–H groups in total. The van der Waals surface area contributed by atoms with Gasteiger partial charge in [0.25, 0.3) is 0 Å². The maximum absolute atomic E-state index is 2.61. The molecule has 0 spiro atoms. The van der Waals surface area contributed by atoms with Crippen LogP contribution in [-0.2, 0) is 19.3 Å². The zero-order valence-corrected chi connectivity index (χ0v) is 31.2. The Morgan fingerprint density at radius 3 is 2.18 bits per heavy atom. The second-order valence-corrected chi connectivity index (χ2v) is 16.7. The molecule has 3 heteroatoms. The van der Waals surface area contributed by atoms with Crippen molar-refractivity contribution in [3.8, 4) is 0 Å². The molecular formula is C52H36N2S. The Kier molecular flexibility index (Phi) is 6.15. The summed E-state index contributed by atoms with van der Waals surface area (Å²) in [5, 5.41) is 12.2. The number of nitrogens with zero attached hydrogens (tertiary/aromatic N) is 2. The fourth-order valence-electron chi connectivity index (χ4n) is 10.6. The van der Waals surface area contributed by atoms with Crippen molar-refractivity contribution in [2.45, 2.75) is 38.5 Å². The number of anilines is 3. The molecular weight excluding hydrogens is 685 g/mol. The zero-order valence-electron chi connectivity index (χ0n) is 30.4. The lowest BCUT2D eigenvalue weighted by Crippen LogP contribution is -2.15. The average molecular weight is 721 g/mol. The zero-order chi connectivity index (χ0) is 35.8. The van der Waals surface area contributed by atoms with Crippen molar-refractivity contribution in [3.63, 3.8) is 0 Å². The summed E-state index contributed by atoms with van der Waals surface area (Å²) in [5.41, 5.74) is 15.0. The van der Waals surface area contributed by atoms with Crippen molar-refractivity contribution in [2.75, 3.05) is 4.90 Å². The molecule has 7 aromatic carbocycles. The predicted octanol–water partition coefficient (Wildman–Crippen LogP) is 14.7. The maximum Gasteiger partial charge on any atom is 0.0623 e. The van der Waals surface area contributed by atoms with Gasteiger partial charge in [-0.3, -0.25) is 0 Å². The van der Waals surface area contributed by atoms with Gasteiger partial charge in [-0.05, 0) is 115 Å². The third kappa shape index (κ3) is 4.04. The first-order valence-electron chi connectivity index (χ1n) is 19.9. The van der Waals surface area contributed by atoms with Gasteiger partial charge < -0.3 is 9.30 Å². The van der Waals surface area contributed by atoms with Gasteiger partial charge in [-0.25, -0.2) is 0 Å². The summed E-state index contributed by atoms with van der Waals surface area (Å²) in [6.45, 7) is 0. The van der Waals surface area contributed by atoms with Crippen LogP contribution in [0.25, 0.3) is 87.1 Å². The molecule has 3 aliphatic rings. The number of thiophene rings is 1. The molecule has 0 bridgehead atoms. The van der Waals surface area contributed by atoms with Gasteiger partial charge in [0.2, 0.25) is 0 Å². The standard InChI is InChI=1S/C52H36N2S/c1-2-15-32(16-3-1)53(46-28-31-14-4-5-17-34(31)35-18-6-7-19-36(35)46)33-26-27-38-41(29-33)42-30-43-37-20-8-11-23-44(37)54-45-24-12-9-21-39(45)49(51(43)54)48(42)50-40-22-10-13-25-47(40)55-52(38)50/h1-4,7-10,12-16,19-22,24-30H,5-6,11,17-18,23H2. The van der Waals surface area contributed by atoms with Crippen LogP contribution < -0.4 is 4.90 Å². The number of benzene rings is 7. The highest BCUT2D eigenvalue weighted by atomic mass is 32.1. The number of rotatable bonds is 3. The summed E-state index contributed by atoms with van der Waals surface area (Å²) in [7, 11) is 0. The van der Waals surface area contributed by atoms with Crippen LogP contribution in [0, 0.1) is 0 Å². The third-order valence-electron chi connectivity index (χ3n) is 12.8. The summed E-state index contributed by atoms with van der Waals surface area (Å²) in [6, 6.07) is 41.6. The van der Waals surface area contributed by atoms with Crippen molar-refractivity contribution in [1.82, 2.24) is 4.40 Å². The lowest BCUT2D eigenvalue weighted by molar-refractivity contribution is 0.905. The van der Waals surface area contributed by atoms with E-state index in [1.54, 1.807) is 5.56 Å². The lowest BCUT2D eigenvalue weighted by Gasteiger charge is -2.32. The molecule has 260 valence electrons. The Hall–Kier alpha value is -6.16. The van der Waals surface area contributed by atoms with Gasteiger partial charge in [0.05, 0.1) is 16.7 Å². The number of allylic oxidation sites excluding steroid dienone is 3. The first kappa shape index (κ1) is 30.2. The van der Waals surface area contributed by atoms with Crippen LogP contribution in [0.5, 0.6) is 0 Å². The number of aromatic nitrogens is 1. The van der Waals surface area contributed by atoms with Gasteiger partial charge in [-0.15, -0.1) is 11.3 Å². The molecule has 0 radical (unpaired) electrons. The van der Waals surface area contributed by atoms with Crippen LogP contribution in [-0.4, -0.2) is 4.40 Å². The molecule has 0 saturated heterocycles. The van der Waals surface area contributed by atoms with E-state index in [9.17, 15) is 0 Å². The van der Waals surface area contributed by atoms with Gasteiger partial charge >= 0.3 is 0 Å². The molecule has 3 aliphatic carbocycles. The number of hydrogen-bond acceptors (Lipinski definition) is 2. The topological polar surface area (TPSA) is 7.65 Å². The molecule has 0 saturated carbocycles. The highest BCUT2D eigenvalue weighted by Crippen LogP contribution is 2.52. The Labute approximate surface area is 322 Å². The van der Waals surface area contributed by atoms with E-state index in [4.69, 9.17) is 0 Å². The largest absolute Gasteiger partial charge is 0.312 e. The van der Waals surface area contributed by atoms with Crippen LogP contribution >= 0.6 is 11.3 Å². The second-order valence-electron chi connectivity index (χ2n) is 15.7. The molecule has 13 rings (SSSR count). The van der Waals surface area contributed by atoms with Crippen LogP contribution in [0.3, 0.4) is 0 Å². The summed E-state index contributed by atoms with van der Waals surface area (Å²) >= 11 is 1.95. The molecule has 0 unspecified atom stereocenters. The van der Waals surface area contributed by atoms with Crippen LogP contribution in [0.1, 0.15) is 52.8 Å². The molecule has 0 amide bonds. The van der Waals surface area contributed by atoms with Crippen molar-refractivity contribution in [3.05, 3.63) is 161 Å². The van der Waals surface area contributed by atoms with E-state index in [-0.39, 0.29) is 0 Å². The summed E-state index contributed by atoms with van der Waals surface area (Å²) < 4.78 is 5.33. The van der Waals surface area contributed by atoms with Gasteiger partial charge in [0.1, 0.15) is 0 Å². The Bertz CT molecular complexity index is 3370. The maximum atomic E-state index is 2.61. The van der Waals surface area contributed by atoms with Gasteiger partial charge in [0.15, 0.2) is 0 Å². The molecule has 10 aromatic rings. The minimum Gasteiger partial charge on any atom is -0.312 e. The lowest BCUT2D eigenvalue weighted by atomic mass is 9.84. The monoisotopic (exact) mass is 720 g/mol. The van der Waals surface area contributed by atoms with Crippen molar-refractivity contribution in [1.29, 1.82) is 0 Å². The fraction of sp³-hybridized carbons (Fsp3) is 0.115. The summed E-state index contributed by atoms with van der Waals surface area (Å²) in [5.74, 6) is 0. The van der Waals surface area contributed by atoms with Crippen LogP contribution in [0.4, 0.5) is 17.1 Å². The van der Waals surface area contributed by atoms with Crippen molar-refractivity contribution < 1.29 is 0 Å². The highest BCUT2D eigenvalue weighted by molar-refractivity contribution is 7.27. The third-order valence-corrected chi connectivity index (χ3v) is 14.1. The molecule has 0 atom stereocenters. The molecule has 2 nitrogen and oxygen atoms in total.